The molecule has 0 saturated carbocycles. The van der Waals surface area contributed by atoms with Crippen LogP contribution in [0.25, 0.3) is 0 Å². The number of hydrogen-bond acceptors (Lipinski definition) is 3. The molecular formula is C21H33N3. The molecule has 0 radical (unpaired) electrons. The molecule has 0 aliphatic carbocycles. The highest BCUT2D eigenvalue weighted by Crippen LogP contribution is 2.22. The monoisotopic (exact) mass is 327 g/mol. The van der Waals surface area contributed by atoms with E-state index in [0.717, 1.165) is 19.6 Å². The van der Waals surface area contributed by atoms with Gasteiger partial charge in [-0.15, -0.1) is 0 Å². The van der Waals surface area contributed by atoms with E-state index in [1.807, 2.05) is 0 Å². The number of nitrogens with zero attached hydrogens (tertiary/aromatic N) is 3. The van der Waals surface area contributed by atoms with Crippen LogP contribution in [0.5, 0.6) is 0 Å². The third kappa shape index (κ3) is 4.19. The van der Waals surface area contributed by atoms with Crippen LogP contribution in [0, 0.1) is 0 Å². The molecule has 3 fully saturated rings. The fourth-order valence-electron chi connectivity index (χ4n) is 4.64. The Labute approximate surface area is 147 Å². The van der Waals surface area contributed by atoms with E-state index >= 15 is 0 Å². The van der Waals surface area contributed by atoms with Crippen LogP contribution < -0.4 is 0 Å². The fraction of sp³-hybridized carbons (Fsp3) is 0.714. The Morgan fingerprint density at radius 3 is 1.54 bits per heavy atom. The summed E-state index contributed by atoms with van der Waals surface area (Å²) in [6.45, 7) is 11.2. The molecule has 3 aliphatic heterocycles. The second kappa shape index (κ2) is 7.99. The second-order valence-corrected chi connectivity index (χ2v) is 8.05. The lowest BCUT2D eigenvalue weighted by atomic mass is 10.0. The lowest BCUT2D eigenvalue weighted by Gasteiger charge is -2.23. The average Bonchev–Trinajstić information content (AvgIpc) is 3.33. The largest absolute Gasteiger partial charge is 0.299 e. The van der Waals surface area contributed by atoms with Crippen LogP contribution in [0.4, 0.5) is 0 Å². The van der Waals surface area contributed by atoms with Gasteiger partial charge in [0.25, 0.3) is 0 Å². The van der Waals surface area contributed by atoms with E-state index in [2.05, 4.69) is 32.9 Å². The summed E-state index contributed by atoms with van der Waals surface area (Å²) in [6.07, 6.45) is 8.30. The molecule has 0 spiro atoms. The minimum atomic E-state index is 1.15. The molecule has 0 N–H and O–H groups in total. The second-order valence-electron chi connectivity index (χ2n) is 8.05. The number of rotatable bonds is 6. The van der Waals surface area contributed by atoms with Crippen LogP contribution in [0.3, 0.4) is 0 Å². The van der Waals surface area contributed by atoms with Crippen molar-refractivity contribution in [2.24, 2.45) is 0 Å². The first kappa shape index (κ1) is 16.6. The molecule has 3 heterocycles. The predicted octanol–water partition coefficient (Wildman–Crippen LogP) is 3.47. The summed E-state index contributed by atoms with van der Waals surface area (Å²) in [7, 11) is 0. The number of benzene rings is 1. The van der Waals surface area contributed by atoms with Crippen LogP contribution in [0.15, 0.2) is 18.2 Å². The number of likely N-dealkylation sites (tertiary alicyclic amines) is 3. The van der Waals surface area contributed by atoms with Crippen molar-refractivity contribution in [3.63, 3.8) is 0 Å². The van der Waals surface area contributed by atoms with Crippen molar-refractivity contribution < 1.29 is 0 Å². The predicted molar refractivity (Wildman–Crippen MR) is 100.0 cm³/mol. The third-order valence-corrected chi connectivity index (χ3v) is 6.06. The van der Waals surface area contributed by atoms with Gasteiger partial charge in [-0.25, -0.2) is 0 Å². The lowest BCUT2D eigenvalue weighted by molar-refractivity contribution is 0.312. The minimum absolute atomic E-state index is 1.15. The highest BCUT2D eigenvalue weighted by Gasteiger charge is 2.18. The highest BCUT2D eigenvalue weighted by molar-refractivity contribution is 5.32. The van der Waals surface area contributed by atoms with E-state index in [1.54, 1.807) is 11.1 Å². The van der Waals surface area contributed by atoms with Crippen molar-refractivity contribution in [1.29, 1.82) is 0 Å². The first-order valence-electron chi connectivity index (χ1n) is 10.1. The molecule has 3 nitrogen and oxygen atoms in total. The van der Waals surface area contributed by atoms with E-state index in [0.29, 0.717) is 0 Å². The van der Waals surface area contributed by atoms with Gasteiger partial charge in [0, 0.05) is 19.6 Å². The summed E-state index contributed by atoms with van der Waals surface area (Å²) >= 11 is 0. The summed E-state index contributed by atoms with van der Waals surface area (Å²) in [5.41, 5.74) is 4.70. The highest BCUT2D eigenvalue weighted by atomic mass is 15.2. The maximum absolute atomic E-state index is 2.66. The molecule has 0 atom stereocenters. The Hall–Kier alpha value is -0.900. The van der Waals surface area contributed by atoms with Crippen molar-refractivity contribution in [2.75, 3.05) is 39.3 Å². The summed E-state index contributed by atoms with van der Waals surface area (Å²) in [5, 5.41) is 0. The Morgan fingerprint density at radius 1 is 0.542 bits per heavy atom. The van der Waals surface area contributed by atoms with Gasteiger partial charge in [-0.2, -0.15) is 0 Å². The molecule has 4 rings (SSSR count). The maximum Gasteiger partial charge on any atom is 0.0237 e. The number of hydrogen-bond donors (Lipinski definition) is 0. The van der Waals surface area contributed by atoms with Gasteiger partial charge in [0.05, 0.1) is 0 Å². The Kier molecular flexibility index (Phi) is 5.51. The van der Waals surface area contributed by atoms with E-state index in [4.69, 9.17) is 0 Å². The Morgan fingerprint density at radius 2 is 1.00 bits per heavy atom. The topological polar surface area (TPSA) is 9.72 Å². The molecule has 0 bridgehead atoms. The van der Waals surface area contributed by atoms with Crippen LogP contribution in [-0.4, -0.2) is 54.0 Å². The van der Waals surface area contributed by atoms with Gasteiger partial charge in [0.1, 0.15) is 0 Å². The normalized spacial score (nSPS) is 23.5. The molecule has 3 heteroatoms. The van der Waals surface area contributed by atoms with Crippen molar-refractivity contribution in [3.05, 3.63) is 34.9 Å². The average molecular weight is 328 g/mol. The molecular weight excluding hydrogens is 294 g/mol. The van der Waals surface area contributed by atoms with Gasteiger partial charge in [-0.3, -0.25) is 14.7 Å². The zero-order valence-electron chi connectivity index (χ0n) is 15.2. The Bertz CT molecular complexity index is 524. The van der Waals surface area contributed by atoms with E-state index in [-0.39, 0.29) is 0 Å². The molecule has 1 aromatic rings. The van der Waals surface area contributed by atoms with Crippen molar-refractivity contribution in [3.8, 4) is 0 Å². The summed E-state index contributed by atoms with van der Waals surface area (Å²) < 4.78 is 0. The molecule has 0 unspecified atom stereocenters. The molecule has 24 heavy (non-hydrogen) atoms. The van der Waals surface area contributed by atoms with E-state index < -0.39 is 0 Å². The quantitative estimate of drug-likeness (QED) is 0.792. The van der Waals surface area contributed by atoms with Crippen LogP contribution in [0.2, 0.25) is 0 Å². The lowest BCUT2D eigenvalue weighted by Crippen LogP contribution is -2.23. The van der Waals surface area contributed by atoms with Crippen molar-refractivity contribution >= 4 is 0 Å². The van der Waals surface area contributed by atoms with Crippen LogP contribution in [-0.2, 0) is 19.6 Å². The molecule has 1 aromatic carbocycles. The van der Waals surface area contributed by atoms with Gasteiger partial charge in [-0.05, 0) is 94.5 Å². The van der Waals surface area contributed by atoms with E-state index in [9.17, 15) is 0 Å². The van der Waals surface area contributed by atoms with Crippen molar-refractivity contribution in [1.82, 2.24) is 14.7 Å². The van der Waals surface area contributed by atoms with Gasteiger partial charge in [0.2, 0.25) is 0 Å². The molecule has 3 aliphatic rings. The smallest absolute Gasteiger partial charge is 0.0237 e. The van der Waals surface area contributed by atoms with Gasteiger partial charge < -0.3 is 0 Å². The summed E-state index contributed by atoms with van der Waals surface area (Å²) in [4.78, 5) is 7.92. The van der Waals surface area contributed by atoms with Crippen LogP contribution in [0.1, 0.15) is 55.2 Å². The molecule has 3 saturated heterocycles. The Balaban J connectivity index is 1.49. The first-order chi connectivity index (χ1) is 11.9. The minimum Gasteiger partial charge on any atom is -0.299 e. The summed E-state index contributed by atoms with van der Waals surface area (Å²) in [6, 6.07) is 7.37. The third-order valence-electron chi connectivity index (χ3n) is 6.06. The zero-order valence-corrected chi connectivity index (χ0v) is 15.2. The SMILES string of the molecule is c1cc(CN2CCCC2)c(CN2CCCC2)cc1CN1CCCC1. The van der Waals surface area contributed by atoms with Crippen molar-refractivity contribution in [2.45, 2.75) is 58.2 Å². The zero-order chi connectivity index (χ0) is 16.2. The van der Waals surface area contributed by atoms with Gasteiger partial charge in [0.15, 0.2) is 0 Å². The molecule has 0 aromatic heterocycles. The van der Waals surface area contributed by atoms with Gasteiger partial charge >= 0.3 is 0 Å². The fourth-order valence-corrected chi connectivity index (χ4v) is 4.64. The maximum atomic E-state index is 2.66. The van der Waals surface area contributed by atoms with Gasteiger partial charge in [-0.1, -0.05) is 18.2 Å². The van der Waals surface area contributed by atoms with Crippen LogP contribution >= 0.6 is 0 Å². The van der Waals surface area contributed by atoms with E-state index in [1.165, 1.54) is 83.4 Å². The molecule has 0 amide bonds. The molecule has 132 valence electrons. The standard InChI is InChI=1S/C21H33N3/c1-2-10-22(9-1)16-19-7-8-20(17-23-11-3-4-12-23)21(15-19)18-24-13-5-6-14-24/h7-8,15H,1-6,9-14,16-18H2. The first-order valence-corrected chi connectivity index (χ1v) is 10.1. The summed E-state index contributed by atoms with van der Waals surface area (Å²) in [5.74, 6) is 0.